The van der Waals surface area contributed by atoms with Gasteiger partial charge in [0.15, 0.2) is 0 Å². The molecule has 1 unspecified atom stereocenters. The van der Waals surface area contributed by atoms with E-state index in [1.54, 1.807) is 35.9 Å². The number of fused-ring (bicyclic) bond motifs is 1. The number of benzene rings is 1. The summed E-state index contributed by atoms with van der Waals surface area (Å²) in [7, 11) is 11.5. The molecule has 0 nitrogen and oxygen atoms in total. The van der Waals surface area contributed by atoms with Crippen molar-refractivity contribution in [3.63, 3.8) is 0 Å². The van der Waals surface area contributed by atoms with E-state index in [9.17, 15) is 0 Å². The van der Waals surface area contributed by atoms with E-state index in [1.807, 2.05) is 12.2 Å². The molecule has 0 aliphatic heterocycles. The van der Waals surface area contributed by atoms with Crippen LogP contribution in [0.4, 0.5) is 0 Å². The molecular formula is C34H42Cl4Zr2. The number of hydrogen-bond acceptors (Lipinski definition) is 0. The molecule has 0 radical (unpaired) electrons. The zero-order valence-electron chi connectivity index (χ0n) is 25.5. The van der Waals surface area contributed by atoms with E-state index in [1.165, 1.54) is 47.8 Å². The topological polar surface area (TPSA) is 0 Å². The molecule has 0 fully saturated rings. The van der Waals surface area contributed by atoms with Crippen LogP contribution in [0, 0.1) is 10.8 Å². The fourth-order valence-corrected chi connectivity index (χ4v) is 9.78. The molecule has 0 heterocycles. The van der Waals surface area contributed by atoms with Crippen LogP contribution in [-0.4, -0.2) is 0 Å². The van der Waals surface area contributed by atoms with Gasteiger partial charge in [0, 0.05) is 10.8 Å². The molecule has 0 N–H and O–H groups in total. The average molecular weight is 775 g/mol. The first kappa shape index (κ1) is 38.4. The van der Waals surface area contributed by atoms with Crippen molar-refractivity contribution < 1.29 is 68.9 Å². The van der Waals surface area contributed by atoms with Gasteiger partial charge in [0.25, 0.3) is 0 Å². The summed E-state index contributed by atoms with van der Waals surface area (Å²) in [5, 5.41) is 0. The van der Waals surface area contributed by atoms with Gasteiger partial charge in [-0.2, -0.15) is 0 Å². The van der Waals surface area contributed by atoms with Crippen molar-refractivity contribution in [1.29, 1.82) is 0 Å². The maximum absolute atomic E-state index is 5.74. The fourth-order valence-electron chi connectivity index (χ4n) is 6.02. The third-order valence-electron chi connectivity index (χ3n) is 9.19. The van der Waals surface area contributed by atoms with Gasteiger partial charge in [0.05, 0.1) is 0 Å². The van der Waals surface area contributed by atoms with Crippen molar-refractivity contribution in [2.75, 3.05) is 0 Å². The van der Waals surface area contributed by atoms with E-state index in [-0.39, 0.29) is 35.6 Å². The van der Waals surface area contributed by atoms with Crippen LogP contribution in [0.1, 0.15) is 90.4 Å². The first-order valence-electron chi connectivity index (χ1n) is 13.5. The Bertz CT molecular complexity index is 1280. The zero-order chi connectivity index (χ0) is 28.6. The normalized spacial score (nSPS) is 21.4. The Morgan fingerprint density at radius 1 is 0.775 bits per heavy atom. The van der Waals surface area contributed by atoms with Gasteiger partial charge >= 0.3 is 140 Å². The molecule has 4 aliphatic rings. The van der Waals surface area contributed by atoms with Gasteiger partial charge in [0.2, 0.25) is 0 Å². The molecule has 0 saturated carbocycles. The number of halogens is 4. The van der Waals surface area contributed by atoms with Gasteiger partial charge in [-0.15, -0.1) is 0 Å². The summed E-state index contributed by atoms with van der Waals surface area (Å²) in [6.07, 6.45) is 11.6. The Kier molecular flexibility index (Phi) is 14.7. The van der Waals surface area contributed by atoms with Crippen molar-refractivity contribution in [3.8, 4) is 0 Å². The summed E-state index contributed by atoms with van der Waals surface area (Å²) < 4.78 is 2.00. The second kappa shape index (κ2) is 15.4. The Morgan fingerprint density at radius 3 is 1.57 bits per heavy atom. The van der Waals surface area contributed by atoms with Gasteiger partial charge in [-0.05, 0) is 75.0 Å². The minimum absolute atomic E-state index is 0. The maximum atomic E-state index is 5.74. The standard InChI is InChI=1S/C20H30.C9H7.C5H5.4ClH.2Zr/c1-11-13(3)17(19(7,8)15(11)5)18-14(4)12(2)16(6)20(18,9)10;1-2-5-9-7-3-6-8(9)4-1;1-2-4-5-3-1;;;;;;/h1-10H3;1-7H;1-3H,4H2;4*1H;;/q;;;;;;;2*+2/p-4. The van der Waals surface area contributed by atoms with Crippen LogP contribution in [0.5, 0.6) is 0 Å². The predicted molar refractivity (Wildman–Crippen MR) is 161 cm³/mol. The SMILES string of the molecule is CC1=C(C)C(C)(C)C(C2=C(C)C(C)=C(C)C2(C)C)=C1C.[Cl-].[Cl-].[Cl][Zr]([Cl])[C]1=CC=CC1.[Zr+2][CH]1C=Cc2ccccc21. The van der Waals surface area contributed by atoms with Crippen LogP contribution in [0.15, 0.2) is 96.4 Å². The molecule has 40 heavy (non-hydrogen) atoms. The molecule has 0 spiro atoms. The summed E-state index contributed by atoms with van der Waals surface area (Å²) in [5.41, 5.74) is 15.4. The monoisotopic (exact) mass is 770 g/mol. The molecule has 6 heteroatoms. The molecule has 0 saturated heterocycles. The number of rotatable bonds is 2. The Hall–Kier alpha value is 0.326. The first-order chi connectivity index (χ1) is 17.6. The van der Waals surface area contributed by atoms with E-state index >= 15 is 0 Å². The Balaban J connectivity index is 0.000000333. The summed E-state index contributed by atoms with van der Waals surface area (Å²) in [5.74, 6) is 0. The minimum atomic E-state index is -1.96. The molecule has 0 amide bonds. The van der Waals surface area contributed by atoms with E-state index in [0.717, 1.165) is 6.42 Å². The van der Waals surface area contributed by atoms with E-state index in [2.05, 4.69) is 112 Å². The Morgan fingerprint density at radius 2 is 1.25 bits per heavy atom. The first-order valence-corrected chi connectivity index (χ1v) is 22.4. The molecule has 1 atom stereocenters. The molecule has 5 rings (SSSR count). The molecular weight excluding hydrogens is 733 g/mol. The van der Waals surface area contributed by atoms with Crippen LogP contribution in [-0.2, 0) is 44.1 Å². The summed E-state index contributed by atoms with van der Waals surface area (Å²) in [6, 6.07) is 8.60. The van der Waals surface area contributed by atoms with Crippen LogP contribution < -0.4 is 24.8 Å². The average Bonchev–Trinajstić information content (AvgIpc) is 3.60. The molecule has 1 aromatic rings. The zero-order valence-corrected chi connectivity index (χ0v) is 33.4. The van der Waals surface area contributed by atoms with Gasteiger partial charge in [-0.1, -0.05) is 38.8 Å². The van der Waals surface area contributed by atoms with Gasteiger partial charge < -0.3 is 24.8 Å². The third-order valence-corrected chi connectivity index (χ3v) is 15.4. The molecule has 4 aliphatic carbocycles. The van der Waals surface area contributed by atoms with Crippen molar-refractivity contribution in [2.24, 2.45) is 10.8 Å². The van der Waals surface area contributed by atoms with Gasteiger partial charge in [-0.25, -0.2) is 0 Å². The molecule has 0 aromatic heterocycles. The summed E-state index contributed by atoms with van der Waals surface area (Å²) >= 11 is -0.376. The fraction of sp³-hybridized carbons (Fsp3) is 0.412. The quantitative estimate of drug-likeness (QED) is 0.376. The van der Waals surface area contributed by atoms with Crippen molar-refractivity contribution in [3.05, 3.63) is 108 Å². The van der Waals surface area contributed by atoms with Crippen molar-refractivity contribution >= 4 is 23.1 Å². The second-order valence-electron chi connectivity index (χ2n) is 11.8. The van der Waals surface area contributed by atoms with Gasteiger partial charge in [-0.3, -0.25) is 0 Å². The second-order valence-corrected chi connectivity index (χ2v) is 21.8. The number of allylic oxidation sites excluding steroid dienone is 13. The summed E-state index contributed by atoms with van der Waals surface area (Å²) in [4.78, 5) is 0. The van der Waals surface area contributed by atoms with Crippen LogP contribution in [0.2, 0.25) is 0 Å². The third kappa shape index (κ3) is 7.69. The van der Waals surface area contributed by atoms with E-state index < -0.39 is 19.4 Å². The van der Waals surface area contributed by atoms with Crippen molar-refractivity contribution in [2.45, 2.75) is 79.3 Å². The summed E-state index contributed by atoms with van der Waals surface area (Å²) in [6.45, 7) is 23.3. The Labute approximate surface area is 286 Å². The predicted octanol–water partition coefficient (Wildman–Crippen LogP) is 5.44. The van der Waals surface area contributed by atoms with Crippen LogP contribution in [0.3, 0.4) is 0 Å². The van der Waals surface area contributed by atoms with E-state index in [4.69, 9.17) is 17.0 Å². The van der Waals surface area contributed by atoms with Crippen LogP contribution >= 0.6 is 17.0 Å². The molecule has 0 bridgehead atoms. The number of hydrogen-bond donors (Lipinski definition) is 0. The molecule has 214 valence electrons. The van der Waals surface area contributed by atoms with Crippen molar-refractivity contribution in [1.82, 2.24) is 0 Å². The molecule has 1 aromatic carbocycles. The van der Waals surface area contributed by atoms with Crippen LogP contribution in [0.25, 0.3) is 6.08 Å². The van der Waals surface area contributed by atoms with E-state index in [0.29, 0.717) is 3.63 Å². The van der Waals surface area contributed by atoms with Gasteiger partial charge in [0.1, 0.15) is 0 Å².